The fraction of sp³-hybridized carbons (Fsp3) is 0.267. The highest BCUT2D eigenvalue weighted by atomic mass is 32.2. The Morgan fingerprint density at radius 3 is 2.29 bits per heavy atom. The number of fused-ring (bicyclic) bond motifs is 1. The van der Waals surface area contributed by atoms with Crippen LogP contribution >= 0.6 is 0 Å². The lowest BCUT2D eigenvalue weighted by atomic mass is 10.0. The highest BCUT2D eigenvalue weighted by Crippen LogP contribution is 2.36. The number of aryl methyl sites for hydroxylation is 2. The summed E-state index contributed by atoms with van der Waals surface area (Å²) in [7, 11) is -4.13. The summed E-state index contributed by atoms with van der Waals surface area (Å²) in [4.78, 5) is 10.7. The molecule has 1 aromatic heterocycles. The van der Waals surface area contributed by atoms with Gasteiger partial charge in [0, 0.05) is 24.8 Å². The standard InChI is InChI=1S/C30H30F3N5O2S/c1-21-6-5-9-28-27(21)19-37(41(39,40)26-14-11-23(12-15-26)30(31,32)33)18-25(13-10-22-7-3-2-4-8-22)38(28)20-29-35-16-24(34)17-36-29/h2-9,11-12,14-17,25H,10,13,18-20,34H2,1H3. The smallest absolute Gasteiger partial charge is 0.396 e. The van der Waals surface area contributed by atoms with Crippen LogP contribution in [0.2, 0.25) is 0 Å². The second-order valence-corrected chi connectivity index (χ2v) is 12.1. The van der Waals surface area contributed by atoms with Gasteiger partial charge < -0.3 is 10.6 Å². The first kappa shape index (κ1) is 28.6. The Hall–Kier alpha value is -3.96. The third-order valence-electron chi connectivity index (χ3n) is 7.35. The zero-order valence-electron chi connectivity index (χ0n) is 22.4. The van der Waals surface area contributed by atoms with Gasteiger partial charge in [-0.25, -0.2) is 18.4 Å². The number of alkyl halides is 3. The number of nitrogens with two attached hydrogens (primary N) is 1. The lowest BCUT2D eigenvalue weighted by Gasteiger charge is -2.34. The predicted molar refractivity (Wildman–Crippen MR) is 151 cm³/mol. The third-order valence-corrected chi connectivity index (χ3v) is 9.18. The van der Waals surface area contributed by atoms with Crippen molar-refractivity contribution in [3.8, 4) is 0 Å². The zero-order chi connectivity index (χ0) is 29.2. The molecule has 0 amide bonds. The van der Waals surface area contributed by atoms with Crippen molar-refractivity contribution in [1.82, 2.24) is 14.3 Å². The van der Waals surface area contributed by atoms with Crippen molar-refractivity contribution in [3.05, 3.63) is 113 Å². The number of benzene rings is 3. The molecule has 2 N–H and O–H groups in total. The number of anilines is 2. The quantitative estimate of drug-likeness (QED) is 0.306. The van der Waals surface area contributed by atoms with Crippen LogP contribution in [0.5, 0.6) is 0 Å². The van der Waals surface area contributed by atoms with E-state index in [-0.39, 0.29) is 24.0 Å². The van der Waals surface area contributed by atoms with Gasteiger partial charge in [-0.2, -0.15) is 17.5 Å². The van der Waals surface area contributed by atoms with Crippen molar-refractivity contribution in [1.29, 1.82) is 0 Å². The van der Waals surface area contributed by atoms with Crippen molar-refractivity contribution in [3.63, 3.8) is 0 Å². The van der Waals surface area contributed by atoms with Gasteiger partial charge in [0.15, 0.2) is 0 Å². The van der Waals surface area contributed by atoms with E-state index < -0.39 is 21.8 Å². The minimum absolute atomic E-state index is 0.0757. The molecule has 0 bridgehead atoms. The fourth-order valence-electron chi connectivity index (χ4n) is 5.12. The molecule has 1 aliphatic heterocycles. The van der Waals surface area contributed by atoms with Crippen molar-refractivity contribution in [2.75, 3.05) is 17.2 Å². The summed E-state index contributed by atoms with van der Waals surface area (Å²) in [6.45, 7) is 2.44. The summed E-state index contributed by atoms with van der Waals surface area (Å²) in [6, 6.07) is 19.1. The van der Waals surface area contributed by atoms with Crippen LogP contribution in [0.3, 0.4) is 0 Å². The molecular formula is C30H30F3N5O2S. The minimum atomic E-state index is -4.56. The van der Waals surface area contributed by atoms with E-state index in [1.165, 1.54) is 16.7 Å². The average molecular weight is 582 g/mol. The Kier molecular flexibility index (Phi) is 8.01. The Morgan fingerprint density at radius 1 is 0.951 bits per heavy atom. The average Bonchev–Trinajstić information content (AvgIpc) is 3.11. The van der Waals surface area contributed by atoms with E-state index in [2.05, 4.69) is 14.9 Å². The predicted octanol–water partition coefficient (Wildman–Crippen LogP) is 5.60. The van der Waals surface area contributed by atoms with Crippen molar-refractivity contribution < 1.29 is 21.6 Å². The number of hydrogen-bond acceptors (Lipinski definition) is 6. The largest absolute Gasteiger partial charge is 0.416 e. The van der Waals surface area contributed by atoms with Gasteiger partial charge in [-0.3, -0.25) is 0 Å². The molecule has 0 fully saturated rings. The number of sulfonamides is 1. The van der Waals surface area contributed by atoms with E-state index in [0.717, 1.165) is 46.6 Å². The zero-order valence-corrected chi connectivity index (χ0v) is 23.2. The summed E-state index contributed by atoms with van der Waals surface area (Å²) in [5.41, 5.74) is 9.05. The van der Waals surface area contributed by atoms with Crippen LogP contribution in [0.25, 0.3) is 0 Å². The molecule has 4 aromatic rings. The van der Waals surface area contributed by atoms with E-state index in [4.69, 9.17) is 5.73 Å². The Labute approximate surface area is 237 Å². The molecule has 1 atom stereocenters. The SMILES string of the molecule is Cc1cccc2c1CN(S(=O)(=O)c1ccc(C(F)(F)F)cc1)CC(CCc1ccccc1)N2Cc1ncc(N)cn1. The lowest BCUT2D eigenvalue weighted by molar-refractivity contribution is -0.137. The fourth-order valence-corrected chi connectivity index (χ4v) is 6.56. The first-order valence-corrected chi connectivity index (χ1v) is 14.6. The third kappa shape index (κ3) is 6.36. The molecule has 3 aromatic carbocycles. The number of nitrogens with zero attached hydrogens (tertiary/aromatic N) is 4. The molecule has 0 saturated heterocycles. The van der Waals surface area contributed by atoms with Crippen LogP contribution in [-0.2, 0) is 35.7 Å². The molecule has 0 radical (unpaired) electrons. The Morgan fingerprint density at radius 2 is 1.63 bits per heavy atom. The van der Waals surface area contributed by atoms with Gasteiger partial charge in [0.05, 0.1) is 35.1 Å². The molecule has 11 heteroatoms. The molecule has 41 heavy (non-hydrogen) atoms. The van der Waals surface area contributed by atoms with Gasteiger partial charge in [0.1, 0.15) is 5.82 Å². The lowest BCUT2D eigenvalue weighted by Crippen LogP contribution is -2.44. The van der Waals surface area contributed by atoms with Gasteiger partial charge in [-0.05, 0) is 66.8 Å². The first-order valence-electron chi connectivity index (χ1n) is 13.2. The van der Waals surface area contributed by atoms with Crippen molar-refractivity contribution in [2.45, 2.75) is 50.0 Å². The molecule has 214 valence electrons. The monoisotopic (exact) mass is 581 g/mol. The Bertz CT molecular complexity index is 1600. The maximum atomic E-state index is 13.9. The van der Waals surface area contributed by atoms with E-state index in [9.17, 15) is 21.6 Å². The van der Waals surface area contributed by atoms with Crippen LogP contribution in [0.4, 0.5) is 24.5 Å². The number of aromatic nitrogens is 2. The summed E-state index contributed by atoms with van der Waals surface area (Å²) in [5, 5.41) is 0. The summed E-state index contributed by atoms with van der Waals surface area (Å²) < 4.78 is 68.8. The van der Waals surface area contributed by atoms with Crippen LogP contribution in [0, 0.1) is 6.92 Å². The molecular weight excluding hydrogens is 551 g/mol. The maximum absolute atomic E-state index is 13.9. The number of hydrogen-bond donors (Lipinski definition) is 1. The molecule has 1 unspecified atom stereocenters. The van der Waals surface area contributed by atoms with Crippen LogP contribution < -0.4 is 10.6 Å². The highest BCUT2D eigenvalue weighted by molar-refractivity contribution is 7.89. The van der Waals surface area contributed by atoms with E-state index in [0.29, 0.717) is 30.9 Å². The summed E-state index contributed by atoms with van der Waals surface area (Å²) >= 11 is 0. The molecule has 0 saturated carbocycles. The van der Waals surface area contributed by atoms with Crippen LogP contribution in [0.15, 0.2) is 90.1 Å². The molecule has 2 heterocycles. The normalized spacial score (nSPS) is 16.3. The van der Waals surface area contributed by atoms with Gasteiger partial charge in [-0.1, -0.05) is 42.5 Å². The number of nitrogen functional groups attached to an aromatic ring is 1. The van der Waals surface area contributed by atoms with Gasteiger partial charge >= 0.3 is 6.18 Å². The van der Waals surface area contributed by atoms with Gasteiger partial charge in [0.2, 0.25) is 10.0 Å². The second kappa shape index (κ2) is 11.5. The van der Waals surface area contributed by atoms with Gasteiger partial charge in [-0.15, -0.1) is 0 Å². The van der Waals surface area contributed by atoms with Crippen molar-refractivity contribution >= 4 is 21.4 Å². The number of halogens is 3. The molecule has 5 rings (SSSR count). The van der Waals surface area contributed by atoms with Gasteiger partial charge in [0.25, 0.3) is 0 Å². The topological polar surface area (TPSA) is 92.4 Å². The minimum Gasteiger partial charge on any atom is -0.396 e. The summed E-state index contributed by atoms with van der Waals surface area (Å²) in [6.07, 6.45) is -0.172. The van der Waals surface area contributed by atoms with Crippen molar-refractivity contribution in [2.24, 2.45) is 0 Å². The van der Waals surface area contributed by atoms with Crippen LogP contribution in [-0.4, -0.2) is 35.3 Å². The second-order valence-electron chi connectivity index (χ2n) is 10.1. The molecule has 7 nitrogen and oxygen atoms in total. The van der Waals surface area contributed by atoms with Crippen LogP contribution in [0.1, 0.15) is 34.5 Å². The maximum Gasteiger partial charge on any atom is 0.416 e. The molecule has 0 spiro atoms. The summed E-state index contributed by atoms with van der Waals surface area (Å²) in [5.74, 6) is 0.537. The Balaban J connectivity index is 1.56. The van der Waals surface area contributed by atoms with E-state index in [1.807, 2.05) is 55.5 Å². The van der Waals surface area contributed by atoms with E-state index >= 15 is 0 Å². The molecule has 0 aliphatic carbocycles. The molecule has 1 aliphatic rings. The van der Waals surface area contributed by atoms with E-state index in [1.54, 1.807) is 0 Å². The first-order chi connectivity index (χ1) is 19.5. The highest BCUT2D eigenvalue weighted by Gasteiger charge is 2.36. The number of rotatable bonds is 7.